The summed E-state index contributed by atoms with van der Waals surface area (Å²) in [4.78, 5) is 23.8. The fourth-order valence-corrected chi connectivity index (χ4v) is 2.50. The van der Waals surface area contributed by atoms with Crippen LogP contribution in [0.5, 0.6) is 0 Å². The Hall–Kier alpha value is -2.54. The predicted octanol–water partition coefficient (Wildman–Crippen LogP) is 4.51. The molecule has 0 spiro atoms. The number of aryl methyl sites for hydroxylation is 2. The highest BCUT2D eigenvalue weighted by atomic mass is 35.5. The number of hydrogen-bond donors (Lipinski definition) is 2. The number of rotatable bonds is 6. The van der Waals surface area contributed by atoms with E-state index in [0.717, 1.165) is 11.1 Å². The van der Waals surface area contributed by atoms with Crippen molar-refractivity contribution in [3.8, 4) is 0 Å². The molecule has 2 aromatic carbocycles. The van der Waals surface area contributed by atoms with Gasteiger partial charge in [0.25, 0.3) is 5.91 Å². The third-order valence-corrected chi connectivity index (χ3v) is 4.14. The van der Waals surface area contributed by atoms with E-state index >= 15 is 0 Å². The van der Waals surface area contributed by atoms with Crippen LogP contribution in [0.1, 0.15) is 27.9 Å². The summed E-state index contributed by atoms with van der Waals surface area (Å²) < 4.78 is 36.5. The first-order valence-electron chi connectivity index (χ1n) is 8.14. The van der Waals surface area contributed by atoms with Crippen molar-refractivity contribution in [1.82, 2.24) is 5.32 Å². The van der Waals surface area contributed by atoms with Crippen molar-refractivity contribution in [3.05, 3.63) is 64.2 Å². The average Bonchev–Trinajstić information content (AvgIpc) is 2.60. The molecule has 2 amide bonds. The van der Waals surface area contributed by atoms with Gasteiger partial charge in [0.05, 0.1) is 0 Å². The SMILES string of the molecule is Cc1ccc(CCC(=O)Nc2cccc(C(=O)NCC(F)(F)F)c2)cc1Cl. The van der Waals surface area contributed by atoms with Gasteiger partial charge in [0.15, 0.2) is 0 Å². The van der Waals surface area contributed by atoms with Crippen molar-refractivity contribution in [2.24, 2.45) is 0 Å². The monoisotopic (exact) mass is 398 g/mol. The van der Waals surface area contributed by atoms with Crippen molar-refractivity contribution in [2.45, 2.75) is 25.9 Å². The zero-order chi connectivity index (χ0) is 20.0. The number of carbonyl (C=O) groups is 2. The number of halogens is 4. The van der Waals surface area contributed by atoms with E-state index in [2.05, 4.69) is 5.32 Å². The Labute approximate surface area is 159 Å². The number of carbonyl (C=O) groups excluding carboxylic acids is 2. The largest absolute Gasteiger partial charge is 0.405 e. The van der Waals surface area contributed by atoms with Crippen LogP contribution in [0.25, 0.3) is 0 Å². The molecule has 0 unspecified atom stereocenters. The van der Waals surface area contributed by atoms with Crippen molar-refractivity contribution < 1.29 is 22.8 Å². The molecule has 8 heteroatoms. The van der Waals surface area contributed by atoms with Crippen LogP contribution in [0.3, 0.4) is 0 Å². The van der Waals surface area contributed by atoms with Crippen LogP contribution >= 0.6 is 11.6 Å². The van der Waals surface area contributed by atoms with E-state index in [-0.39, 0.29) is 17.9 Å². The van der Waals surface area contributed by atoms with Gasteiger partial charge in [0.1, 0.15) is 6.54 Å². The molecule has 2 rings (SSSR count). The molecular weight excluding hydrogens is 381 g/mol. The number of hydrogen-bond acceptors (Lipinski definition) is 2. The maximum atomic E-state index is 12.2. The number of alkyl halides is 3. The van der Waals surface area contributed by atoms with Gasteiger partial charge in [0, 0.05) is 22.7 Å². The highest BCUT2D eigenvalue weighted by Crippen LogP contribution is 2.18. The molecule has 0 aliphatic heterocycles. The third-order valence-electron chi connectivity index (χ3n) is 3.73. The lowest BCUT2D eigenvalue weighted by atomic mass is 10.1. The molecule has 4 nitrogen and oxygen atoms in total. The summed E-state index contributed by atoms with van der Waals surface area (Å²) in [5.41, 5.74) is 2.23. The Morgan fingerprint density at radius 1 is 1.11 bits per heavy atom. The van der Waals surface area contributed by atoms with Gasteiger partial charge >= 0.3 is 6.18 Å². The van der Waals surface area contributed by atoms with Crippen LogP contribution in [-0.2, 0) is 11.2 Å². The molecule has 0 saturated carbocycles. The molecule has 0 aliphatic carbocycles. The lowest BCUT2D eigenvalue weighted by molar-refractivity contribution is -0.123. The van der Waals surface area contributed by atoms with Gasteiger partial charge in [-0.3, -0.25) is 9.59 Å². The first-order valence-corrected chi connectivity index (χ1v) is 8.52. The van der Waals surface area contributed by atoms with Gasteiger partial charge < -0.3 is 10.6 Å². The Balaban J connectivity index is 1.91. The summed E-state index contributed by atoms with van der Waals surface area (Å²) in [5, 5.41) is 5.05. The minimum atomic E-state index is -4.49. The van der Waals surface area contributed by atoms with Crippen LogP contribution < -0.4 is 10.6 Å². The molecule has 0 aliphatic rings. The van der Waals surface area contributed by atoms with Gasteiger partial charge in [-0.25, -0.2) is 0 Å². The fourth-order valence-electron chi connectivity index (χ4n) is 2.29. The molecule has 0 heterocycles. The van der Waals surface area contributed by atoms with Gasteiger partial charge in [-0.2, -0.15) is 13.2 Å². The van der Waals surface area contributed by atoms with E-state index in [1.807, 2.05) is 19.1 Å². The minimum Gasteiger partial charge on any atom is -0.343 e. The van der Waals surface area contributed by atoms with Crippen molar-refractivity contribution in [2.75, 3.05) is 11.9 Å². The highest BCUT2D eigenvalue weighted by molar-refractivity contribution is 6.31. The molecule has 0 atom stereocenters. The van der Waals surface area contributed by atoms with Gasteiger partial charge in [-0.1, -0.05) is 29.8 Å². The van der Waals surface area contributed by atoms with E-state index in [0.29, 0.717) is 17.1 Å². The Kier molecular flexibility index (Phi) is 6.85. The molecule has 2 aromatic rings. The zero-order valence-electron chi connectivity index (χ0n) is 14.5. The fraction of sp³-hybridized carbons (Fsp3) is 0.263. The summed E-state index contributed by atoms with van der Waals surface area (Å²) in [7, 11) is 0. The second kappa shape index (κ2) is 8.90. The maximum absolute atomic E-state index is 12.2. The van der Waals surface area contributed by atoms with Crippen LogP contribution in [0, 0.1) is 6.92 Å². The molecule has 0 aromatic heterocycles. The molecular formula is C19H18ClF3N2O2. The maximum Gasteiger partial charge on any atom is 0.405 e. The van der Waals surface area contributed by atoms with Crippen LogP contribution in [0.15, 0.2) is 42.5 Å². The average molecular weight is 399 g/mol. The van der Waals surface area contributed by atoms with Gasteiger partial charge in [-0.05, 0) is 48.7 Å². The standard InChI is InChI=1S/C19H18ClF3N2O2/c1-12-5-6-13(9-16(12)20)7-8-17(26)25-15-4-2-3-14(10-15)18(27)24-11-19(21,22)23/h2-6,9-10H,7-8,11H2,1H3,(H,24,27)(H,25,26). The zero-order valence-corrected chi connectivity index (χ0v) is 15.2. The summed E-state index contributed by atoms with van der Waals surface area (Å²) in [6.45, 7) is 0.470. The van der Waals surface area contributed by atoms with Crippen molar-refractivity contribution in [1.29, 1.82) is 0 Å². The van der Waals surface area contributed by atoms with Crippen LogP contribution in [0.4, 0.5) is 18.9 Å². The van der Waals surface area contributed by atoms with Crippen LogP contribution in [0.2, 0.25) is 5.02 Å². The molecule has 2 N–H and O–H groups in total. The molecule has 0 saturated heterocycles. The Morgan fingerprint density at radius 3 is 2.52 bits per heavy atom. The Bertz CT molecular complexity index is 838. The first-order chi connectivity index (χ1) is 12.6. The molecule has 0 fully saturated rings. The second-order valence-corrected chi connectivity index (χ2v) is 6.42. The molecule has 0 radical (unpaired) electrons. The molecule has 27 heavy (non-hydrogen) atoms. The molecule has 0 bridgehead atoms. The number of nitrogens with one attached hydrogen (secondary N) is 2. The van der Waals surface area contributed by atoms with Gasteiger partial charge in [-0.15, -0.1) is 0 Å². The number of anilines is 1. The summed E-state index contributed by atoms with van der Waals surface area (Å²) in [6.07, 6.45) is -3.80. The third kappa shape index (κ3) is 6.94. The topological polar surface area (TPSA) is 58.2 Å². The van der Waals surface area contributed by atoms with E-state index in [1.54, 1.807) is 17.4 Å². The number of benzene rings is 2. The lowest BCUT2D eigenvalue weighted by Gasteiger charge is -2.10. The summed E-state index contributed by atoms with van der Waals surface area (Å²) in [6, 6.07) is 11.3. The number of amides is 2. The minimum absolute atomic E-state index is 0.0300. The smallest absolute Gasteiger partial charge is 0.343 e. The van der Waals surface area contributed by atoms with Crippen LogP contribution in [-0.4, -0.2) is 24.5 Å². The first kappa shape index (κ1) is 20.8. The summed E-state index contributed by atoms with van der Waals surface area (Å²) in [5.74, 6) is -1.14. The quantitative estimate of drug-likeness (QED) is 0.752. The lowest BCUT2D eigenvalue weighted by Crippen LogP contribution is -2.33. The van der Waals surface area contributed by atoms with E-state index in [1.165, 1.54) is 18.2 Å². The van der Waals surface area contributed by atoms with E-state index in [4.69, 9.17) is 11.6 Å². The molecule has 144 valence electrons. The highest BCUT2D eigenvalue weighted by Gasteiger charge is 2.27. The van der Waals surface area contributed by atoms with E-state index < -0.39 is 18.6 Å². The normalized spacial score (nSPS) is 11.1. The second-order valence-electron chi connectivity index (χ2n) is 6.01. The Morgan fingerprint density at radius 2 is 1.85 bits per heavy atom. The summed E-state index contributed by atoms with van der Waals surface area (Å²) >= 11 is 6.05. The van der Waals surface area contributed by atoms with Crippen molar-refractivity contribution >= 4 is 29.1 Å². The van der Waals surface area contributed by atoms with E-state index in [9.17, 15) is 22.8 Å². The van der Waals surface area contributed by atoms with Gasteiger partial charge in [0.2, 0.25) is 5.91 Å². The predicted molar refractivity (Wildman–Crippen MR) is 98.0 cm³/mol. The van der Waals surface area contributed by atoms with Crippen molar-refractivity contribution in [3.63, 3.8) is 0 Å².